The summed E-state index contributed by atoms with van der Waals surface area (Å²) in [5, 5.41) is 40.3. The van der Waals surface area contributed by atoms with Crippen LogP contribution in [0.15, 0.2) is 79.0 Å². The van der Waals surface area contributed by atoms with Crippen molar-refractivity contribution >= 4 is 91.4 Å². The molecule has 7 aliphatic rings. The lowest BCUT2D eigenvalue weighted by molar-refractivity contribution is -0.930. The maximum atomic E-state index is 14.0. The number of para-hydroxylation sites is 1. The van der Waals surface area contributed by atoms with Crippen LogP contribution in [0, 0.1) is 37.0 Å². The summed E-state index contributed by atoms with van der Waals surface area (Å²) >= 11 is 1.56. The van der Waals surface area contributed by atoms with Crippen molar-refractivity contribution in [1.29, 1.82) is 0 Å². The van der Waals surface area contributed by atoms with Crippen LogP contribution in [0.1, 0.15) is 124 Å². The SMILES string of the molecule is Cc1c(Nc2nc3ccccc3s2)nnc2c1CCCN2c1ccc(-c2cnn(CC34C[C@H]5C[C@@H](C3)CC(OCC[N+]3(Cc6ccc(NC(=O)[C@H](CCCNC(N)=O)NC(=O)[C@@H](NC(=O)CCOCCN7C(=O)C=CC7=O)C(C)C)cc6)CCCC3)(C5)C4)c2C)c(C(=O)O)n1. The van der Waals surface area contributed by atoms with Crippen LogP contribution >= 0.6 is 11.3 Å². The van der Waals surface area contributed by atoms with Gasteiger partial charge in [0.2, 0.25) is 17.7 Å². The number of carboxylic acid groups (broad SMARTS) is 1. The van der Waals surface area contributed by atoms with Crippen molar-refractivity contribution in [3.8, 4) is 11.1 Å². The number of carboxylic acids is 1. The molecule has 26 heteroatoms. The molecular weight excluding hydrogens is 1230 g/mol. The Kier molecular flexibility index (Phi) is 19.8. The Balaban J connectivity index is 0.654. The molecule has 2 aromatic carbocycles. The lowest BCUT2D eigenvalue weighted by atomic mass is 9.48. The number of amides is 7. The predicted molar refractivity (Wildman–Crippen MR) is 358 cm³/mol. The van der Waals surface area contributed by atoms with Gasteiger partial charge < -0.3 is 56.3 Å². The fraction of sp³-hybridized carbons (Fsp3) is 0.507. The van der Waals surface area contributed by atoms with E-state index >= 15 is 0 Å². The number of primary amides is 1. The van der Waals surface area contributed by atoms with Crippen LogP contribution in [0.3, 0.4) is 0 Å². The molecule has 7 amide bonds. The van der Waals surface area contributed by atoms with E-state index in [0.29, 0.717) is 60.1 Å². The Morgan fingerprint density at radius 3 is 2.35 bits per heavy atom. The van der Waals surface area contributed by atoms with Crippen molar-refractivity contribution in [2.75, 3.05) is 74.6 Å². The number of aromatic carboxylic acids is 1. The second kappa shape index (κ2) is 28.3. The van der Waals surface area contributed by atoms with Crippen LogP contribution in [0.2, 0.25) is 0 Å². The molecule has 2 unspecified atom stereocenters. The van der Waals surface area contributed by atoms with E-state index in [-0.39, 0.29) is 61.8 Å². The Morgan fingerprint density at radius 2 is 1.62 bits per heavy atom. The van der Waals surface area contributed by atoms with E-state index in [0.717, 1.165) is 143 Å². The maximum Gasteiger partial charge on any atom is 0.355 e. The summed E-state index contributed by atoms with van der Waals surface area (Å²) in [6.07, 6.45) is 15.0. The molecule has 25 nitrogen and oxygen atoms in total. The number of aromatic nitrogens is 6. The molecule has 13 rings (SSSR count). The molecule has 6 atom stereocenters. The van der Waals surface area contributed by atoms with Crippen LogP contribution in [-0.4, -0.2) is 163 Å². The number of imide groups is 1. The van der Waals surface area contributed by atoms with Gasteiger partial charge in [-0.2, -0.15) is 5.10 Å². The number of carbonyl (C=O) groups excluding carboxylic acids is 6. The zero-order valence-corrected chi connectivity index (χ0v) is 55.3. The molecule has 4 aliphatic carbocycles. The number of likely N-dealkylation sites (tertiary alicyclic amines) is 1. The van der Waals surface area contributed by atoms with Crippen LogP contribution < -0.4 is 37.2 Å². The van der Waals surface area contributed by atoms with Crippen LogP contribution in [0.25, 0.3) is 21.3 Å². The molecule has 3 aliphatic heterocycles. The topological polar surface area (TPSA) is 320 Å². The smallest absolute Gasteiger partial charge is 0.355 e. The van der Waals surface area contributed by atoms with Crippen molar-refractivity contribution in [3.63, 3.8) is 0 Å². The normalized spacial score (nSPS) is 21.5. The lowest BCUT2D eigenvalue weighted by Crippen LogP contribution is -2.58. The van der Waals surface area contributed by atoms with Crippen LogP contribution in [-0.2, 0) is 53.0 Å². The highest BCUT2D eigenvalue weighted by Crippen LogP contribution is 2.63. The summed E-state index contributed by atoms with van der Waals surface area (Å²) in [4.78, 5) is 102. The molecule has 4 saturated carbocycles. The average Bonchev–Trinajstić information content (AvgIpc) is 1.28. The number of benzene rings is 2. The van der Waals surface area contributed by atoms with Gasteiger partial charge in [-0.1, -0.05) is 49.4 Å². The molecular formula is C69H86N15O10S+. The summed E-state index contributed by atoms with van der Waals surface area (Å²) in [6.45, 7) is 13.7. The second-order valence-corrected chi connectivity index (χ2v) is 28.4. The van der Waals surface area contributed by atoms with Gasteiger partial charge in [0.15, 0.2) is 22.5 Å². The van der Waals surface area contributed by atoms with Gasteiger partial charge in [-0.05, 0) is 138 Å². The monoisotopic (exact) mass is 1320 g/mol. The third-order valence-electron chi connectivity index (χ3n) is 20.2. The number of fused-ring (bicyclic) bond motifs is 2. The van der Waals surface area contributed by atoms with Crippen molar-refractivity contribution in [3.05, 3.63) is 107 Å². The zero-order valence-electron chi connectivity index (χ0n) is 54.5. The third-order valence-corrected chi connectivity index (χ3v) is 21.2. The molecule has 7 heterocycles. The first kappa shape index (κ1) is 66.3. The molecule has 4 bridgehead atoms. The van der Waals surface area contributed by atoms with Crippen molar-refractivity contribution in [2.45, 2.75) is 142 Å². The number of rotatable bonds is 29. The van der Waals surface area contributed by atoms with E-state index in [1.807, 2.05) is 79.4 Å². The first-order valence-electron chi connectivity index (χ1n) is 33.4. The molecule has 8 N–H and O–H groups in total. The standard InChI is InChI=1S/C69H85N15O10S/c1-42(2)59(77-56(85)23-30-93-31-26-82-57(86)21-22-58(82)87)64(89)74-53(13-9-24-71-66(70)92)63(88)73-48-17-15-45(16-18-48)39-84(27-7-8-28-84)29-32-94-69-36-46-33-47(37-69)35-68(34-46,40-69)41-83-44(4)51(38-72-83)50-19-20-55(76-60(50)65(90)91)81-25-10-11-49-43(3)61(79-80-62(49)81)78-67-75-52-12-5-6-14-54(52)95-67/h5-6,12,14-22,38,42,46-47,53,59H,7-11,13,23-37,39-41H2,1-4H3,(H7-,70,71,73,74,75,77,78,79,85,88,89,90,91,92)/p+1/t46-,47+,53-,59-,68?,69?/m0/s1. The number of anilines is 5. The quantitative estimate of drug-likeness (QED) is 0.0133. The molecule has 5 fully saturated rings. The van der Waals surface area contributed by atoms with E-state index < -0.39 is 53.6 Å². The highest BCUT2D eigenvalue weighted by atomic mass is 32.1. The van der Waals surface area contributed by atoms with Gasteiger partial charge in [-0.15, -0.1) is 10.2 Å². The summed E-state index contributed by atoms with van der Waals surface area (Å²) < 4.78 is 16.9. The molecule has 4 aromatic heterocycles. The minimum Gasteiger partial charge on any atom is -0.476 e. The molecule has 0 radical (unpaired) electrons. The van der Waals surface area contributed by atoms with Gasteiger partial charge in [0.05, 0.1) is 61.5 Å². The Hall–Kier alpha value is -8.72. The number of nitrogens with zero attached hydrogens (tertiary/aromatic N) is 9. The number of hydrogen-bond acceptors (Lipinski definition) is 17. The fourth-order valence-electron chi connectivity index (χ4n) is 16.0. The van der Waals surface area contributed by atoms with Gasteiger partial charge in [0, 0.05) is 90.2 Å². The van der Waals surface area contributed by atoms with E-state index in [2.05, 4.69) is 36.4 Å². The minimum atomic E-state index is -1.11. The summed E-state index contributed by atoms with van der Waals surface area (Å²) in [5.74, 6) is -0.813. The minimum absolute atomic E-state index is 0.00101. The number of hydrogen-bond donors (Lipinski definition) is 7. The lowest BCUT2D eigenvalue weighted by Gasteiger charge is -2.61. The van der Waals surface area contributed by atoms with Crippen molar-refractivity contribution in [1.82, 2.24) is 50.8 Å². The van der Waals surface area contributed by atoms with Crippen molar-refractivity contribution in [2.24, 2.45) is 28.9 Å². The molecule has 1 saturated heterocycles. The van der Waals surface area contributed by atoms with Crippen molar-refractivity contribution < 1.29 is 52.6 Å². The number of quaternary nitrogens is 1. The largest absolute Gasteiger partial charge is 0.476 e. The number of urea groups is 1. The number of carbonyl (C=O) groups is 7. The van der Waals surface area contributed by atoms with Gasteiger partial charge in [0.1, 0.15) is 31.0 Å². The second-order valence-electron chi connectivity index (χ2n) is 27.4. The van der Waals surface area contributed by atoms with E-state index in [9.17, 15) is 38.7 Å². The molecule has 95 heavy (non-hydrogen) atoms. The number of nitrogens with one attached hydrogen (secondary N) is 5. The predicted octanol–water partition coefficient (Wildman–Crippen LogP) is 8.00. The van der Waals surface area contributed by atoms with Gasteiger partial charge in [-0.3, -0.25) is 33.6 Å². The van der Waals surface area contributed by atoms with Gasteiger partial charge in [-0.25, -0.2) is 19.6 Å². The Morgan fingerprint density at radius 1 is 0.863 bits per heavy atom. The summed E-state index contributed by atoms with van der Waals surface area (Å²) in [5.41, 5.74) is 11.8. The van der Waals surface area contributed by atoms with Crippen LogP contribution in [0.5, 0.6) is 0 Å². The van der Waals surface area contributed by atoms with E-state index in [4.69, 9.17) is 35.4 Å². The maximum absolute atomic E-state index is 14.0. The number of nitrogens with two attached hydrogens (primary N) is 1. The first-order chi connectivity index (χ1) is 45.7. The summed E-state index contributed by atoms with van der Waals surface area (Å²) in [7, 11) is 0. The average molecular weight is 1320 g/mol. The Bertz CT molecular complexity index is 3850. The first-order valence-corrected chi connectivity index (χ1v) is 34.2. The van der Waals surface area contributed by atoms with Crippen LogP contribution in [0.4, 0.5) is 33.1 Å². The molecule has 0 spiro atoms. The zero-order chi connectivity index (χ0) is 66.6. The highest BCUT2D eigenvalue weighted by molar-refractivity contribution is 7.22. The van der Waals surface area contributed by atoms with Gasteiger partial charge >= 0.3 is 12.0 Å². The van der Waals surface area contributed by atoms with Gasteiger partial charge in [0.25, 0.3) is 11.8 Å². The summed E-state index contributed by atoms with van der Waals surface area (Å²) in [6, 6.07) is 16.9. The third kappa shape index (κ3) is 15.0. The Labute approximate surface area is 555 Å². The number of ether oxygens (including phenoxy) is 2. The van der Waals surface area contributed by atoms with E-state index in [1.165, 1.54) is 18.6 Å². The fourth-order valence-corrected chi connectivity index (χ4v) is 16.8. The molecule has 6 aromatic rings. The highest BCUT2D eigenvalue weighted by Gasteiger charge is 2.59. The molecule has 502 valence electrons. The number of thiazole rings is 1. The van der Waals surface area contributed by atoms with E-state index in [1.54, 1.807) is 31.4 Å². The number of pyridine rings is 1.